The van der Waals surface area contributed by atoms with Crippen LogP contribution in [-0.4, -0.2) is 46.7 Å². The number of hydrogen-bond acceptors (Lipinski definition) is 5. The van der Waals surface area contributed by atoms with E-state index in [-0.39, 0.29) is 22.7 Å². The number of amides is 1. The van der Waals surface area contributed by atoms with Gasteiger partial charge >= 0.3 is 0 Å². The molecule has 7 heteroatoms. The predicted octanol–water partition coefficient (Wildman–Crippen LogP) is 0.576. The van der Waals surface area contributed by atoms with Gasteiger partial charge in [0.25, 0.3) is 5.54 Å². The second-order valence-corrected chi connectivity index (χ2v) is 6.22. The van der Waals surface area contributed by atoms with Crippen molar-refractivity contribution in [1.82, 2.24) is 4.90 Å². The molecule has 0 aromatic heterocycles. The lowest BCUT2D eigenvalue weighted by Gasteiger charge is -2.35. The van der Waals surface area contributed by atoms with Gasteiger partial charge in [-0.3, -0.25) is 19.9 Å². The summed E-state index contributed by atoms with van der Waals surface area (Å²) in [6.45, 7) is 2.73. The molecule has 2 N–H and O–H groups in total. The van der Waals surface area contributed by atoms with Gasteiger partial charge in [0.2, 0.25) is 5.91 Å². The topological polar surface area (TPSA) is 102 Å². The van der Waals surface area contributed by atoms with Crippen molar-refractivity contribution in [1.29, 1.82) is 0 Å². The fraction of sp³-hybridized carbons (Fsp3) is 0.714. The molecule has 0 bridgehead atoms. The first-order valence-corrected chi connectivity index (χ1v) is 7.37. The van der Waals surface area contributed by atoms with E-state index in [4.69, 9.17) is 5.73 Å². The molecule has 1 saturated heterocycles. The van der Waals surface area contributed by atoms with Crippen LogP contribution in [0.4, 0.5) is 0 Å². The second-order valence-electron chi connectivity index (χ2n) is 6.22. The second kappa shape index (κ2) is 4.91. The summed E-state index contributed by atoms with van der Waals surface area (Å²) >= 11 is 0. The quantitative estimate of drug-likeness (QED) is 0.607. The molecule has 3 rings (SSSR count). The molecule has 0 radical (unpaired) electrons. The number of nitrogens with zero attached hydrogens (tertiary/aromatic N) is 3. The van der Waals surface area contributed by atoms with Gasteiger partial charge in [0, 0.05) is 35.7 Å². The van der Waals surface area contributed by atoms with Crippen molar-refractivity contribution in [2.75, 3.05) is 13.1 Å². The average molecular weight is 292 g/mol. The van der Waals surface area contributed by atoms with E-state index in [1.165, 1.54) is 6.21 Å². The van der Waals surface area contributed by atoms with Gasteiger partial charge in [-0.2, -0.15) is 0 Å². The number of carbonyl (C=O) groups is 1. The fourth-order valence-electron chi connectivity index (χ4n) is 3.60. The van der Waals surface area contributed by atoms with Crippen LogP contribution in [0.15, 0.2) is 16.6 Å². The molecule has 2 aliphatic heterocycles. The number of dihydropyridines is 1. The van der Waals surface area contributed by atoms with Crippen molar-refractivity contribution >= 4 is 12.1 Å². The number of allylic oxidation sites excluding steroid dienone is 1. The molecule has 2 fully saturated rings. The van der Waals surface area contributed by atoms with Crippen molar-refractivity contribution < 1.29 is 9.72 Å². The molecule has 3 atom stereocenters. The number of likely N-dealkylation sites (tertiary alicyclic amines) is 1. The minimum absolute atomic E-state index is 0.144. The molecule has 2 heterocycles. The zero-order valence-electron chi connectivity index (χ0n) is 12.1. The first-order valence-electron chi connectivity index (χ1n) is 7.37. The Labute approximate surface area is 123 Å². The van der Waals surface area contributed by atoms with Crippen LogP contribution in [0.2, 0.25) is 0 Å². The van der Waals surface area contributed by atoms with Crippen LogP contribution in [0, 0.1) is 22.0 Å². The normalized spacial score (nSPS) is 35.7. The minimum atomic E-state index is -1.38. The number of nitrogens with two attached hydrogens (primary N) is 1. The van der Waals surface area contributed by atoms with Crippen molar-refractivity contribution in [2.24, 2.45) is 22.6 Å². The maximum atomic E-state index is 12.2. The highest BCUT2D eigenvalue weighted by Gasteiger charge is 2.60. The van der Waals surface area contributed by atoms with Gasteiger partial charge in [-0.15, -0.1) is 0 Å². The average Bonchev–Trinajstić information content (AvgIpc) is 3.16. The van der Waals surface area contributed by atoms with Crippen molar-refractivity contribution in [3.05, 3.63) is 21.8 Å². The van der Waals surface area contributed by atoms with E-state index in [0.29, 0.717) is 25.1 Å². The van der Waals surface area contributed by atoms with Crippen LogP contribution in [0.3, 0.4) is 0 Å². The highest BCUT2D eigenvalue weighted by molar-refractivity contribution is 5.81. The maximum absolute atomic E-state index is 12.2. The summed E-state index contributed by atoms with van der Waals surface area (Å²) in [7, 11) is 0. The lowest BCUT2D eigenvalue weighted by Crippen LogP contribution is -2.60. The summed E-state index contributed by atoms with van der Waals surface area (Å²) in [5.41, 5.74) is 5.24. The molecule has 3 aliphatic rings. The molecule has 1 aliphatic carbocycles. The summed E-state index contributed by atoms with van der Waals surface area (Å²) in [6.07, 6.45) is 4.81. The molecule has 1 amide bonds. The Kier molecular flexibility index (Phi) is 3.32. The van der Waals surface area contributed by atoms with Crippen LogP contribution in [0.25, 0.3) is 0 Å². The Bertz CT molecular complexity index is 540. The Morgan fingerprint density at radius 1 is 1.52 bits per heavy atom. The zero-order valence-corrected chi connectivity index (χ0v) is 12.1. The number of nitro groups is 1. The Balaban J connectivity index is 1.86. The summed E-state index contributed by atoms with van der Waals surface area (Å²) in [5.74, 6) is 0.00871. The fourth-order valence-corrected chi connectivity index (χ4v) is 3.60. The van der Waals surface area contributed by atoms with Gasteiger partial charge in [0.1, 0.15) is 0 Å². The van der Waals surface area contributed by atoms with Crippen LogP contribution in [0.5, 0.6) is 0 Å². The molecular formula is C14H20N4O3. The summed E-state index contributed by atoms with van der Waals surface area (Å²) in [4.78, 5) is 29.5. The largest absolute Gasteiger partial charge is 0.342 e. The Morgan fingerprint density at radius 3 is 2.81 bits per heavy atom. The summed E-state index contributed by atoms with van der Waals surface area (Å²) < 4.78 is 0. The monoisotopic (exact) mass is 292 g/mol. The highest BCUT2D eigenvalue weighted by Crippen LogP contribution is 2.41. The molecule has 7 nitrogen and oxygen atoms in total. The third-order valence-corrected chi connectivity index (χ3v) is 5.00. The molecule has 0 aromatic carbocycles. The van der Waals surface area contributed by atoms with Crippen molar-refractivity contribution in [3.63, 3.8) is 0 Å². The molecule has 3 unspecified atom stereocenters. The first kappa shape index (κ1) is 14.2. The van der Waals surface area contributed by atoms with E-state index < -0.39 is 11.7 Å². The smallest absolute Gasteiger partial charge is 0.282 e. The number of aliphatic imine (C=N–C) groups is 1. The van der Waals surface area contributed by atoms with E-state index in [2.05, 4.69) is 4.99 Å². The van der Waals surface area contributed by atoms with Crippen LogP contribution in [-0.2, 0) is 4.79 Å². The van der Waals surface area contributed by atoms with Gasteiger partial charge < -0.3 is 10.6 Å². The standard InChI is InChI=1S/C14H20N4O3/c1-9-4-6-16-13(15)14(9,18(20)21)11-5-7-17(8-11)12(19)10-2-3-10/h4,6,10-11,13H,2-3,5,7-8,15H2,1H3. The molecule has 0 aromatic rings. The highest BCUT2D eigenvalue weighted by atomic mass is 16.6. The molecule has 0 spiro atoms. The molecule has 114 valence electrons. The maximum Gasteiger partial charge on any atom is 0.282 e. The van der Waals surface area contributed by atoms with Crippen LogP contribution < -0.4 is 5.73 Å². The van der Waals surface area contributed by atoms with Gasteiger partial charge in [0.05, 0.1) is 5.92 Å². The third-order valence-electron chi connectivity index (χ3n) is 5.00. The molecular weight excluding hydrogens is 272 g/mol. The van der Waals surface area contributed by atoms with Gasteiger partial charge in [-0.05, 0) is 32.3 Å². The van der Waals surface area contributed by atoms with E-state index in [1.807, 2.05) is 0 Å². The zero-order chi connectivity index (χ0) is 15.2. The SMILES string of the molecule is CC1=CC=NC(N)C1(C1CCN(C(=O)C2CC2)C1)[N+](=O)[O-]. The van der Waals surface area contributed by atoms with E-state index in [0.717, 1.165) is 12.8 Å². The Hall–Kier alpha value is -1.76. The first-order chi connectivity index (χ1) is 9.97. The molecule has 1 saturated carbocycles. The van der Waals surface area contributed by atoms with E-state index >= 15 is 0 Å². The van der Waals surface area contributed by atoms with E-state index in [9.17, 15) is 14.9 Å². The molecule has 21 heavy (non-hydrogen) atoms. The van der Waals surface area contributed by atoms with Gasteiger partial charge in [0.15, 0.2) is 6.17 Å². The van der Waals surface area contributed by atoms with Gasteiger partial charge in [-0.1, -0.05) is 0 Å². The van der Waals surface area contributed by atoms with Crippen LogP contribution in [0.1, 0.15) is 26.2 Å². The lowest BCUT2D eigenvalue weighted by molar-refractivity contribution is -0.572. The third kappa shape index (κ3) is 2.07. The number of carbonyl (C=O) groups excluding carboxylic acids is 1. The lowest BCUT2D eigenvalue weighted by atomic mass is 9.74. The van der Waals surface area contributed by atoms with Crippen LogP contribution >= 0.6 is 0 Å². The van der Waals surface area contributed by atoms with Gasteiger partial charge in [-0.25, -0.2) is 0 Å². The minimum Gasteiger partial charge on any atom is -0.342 e. The Morgan fingerprint density at radius 2 is 2.24 bits per heavy atom. The number of rotatable bonds is 3. The summed E-state index contributed by atoms with van der Waals surface area (Å²) in [6, 6.07) is 0. The predicted molar refractivity (Wildman–Crippen MR) is 77.4 cm³/mol. The number of hydrogen-bond donors (Lipinski definition) is 1. The van der Waals surface area contributed by atoms with Crippen molar-refractivity contribution in [2.45, 2.75) is 37.9 Å². The van der Waals surface area contributed by atoms with E-state index in [1.54, 1.807) is 17.9 Å². The van der Waals surface area contributed by atoms with Crippen molar-refractivity contribution in [3.8, 4) is 0 Å². The summed E-state index contributed by atoms with van der Waals surface area (Å²) in [5, 5.41) is 11.8.